The molecule has 1 aliphatic heterocycles. The number of morpholine rings is 1. The van der Waals surface area contributed by atoms with Crippen LogP contribution >= 0.6 is 0 Å². The molecule has 0 bridgehead atoms. The fraction of sp³-hybridized carbons (Fsp3) is 0.500. The van der Waals surface area contributed by atoms with Gasteiger partial charge in [0.2, 0.25) is 10.0 Å². The lowest BCUT2D eigenvalue weighted by Gasteiger charge is -2.34. The van der Waals surface area contributed by atoms with Crippen LogP contribution in [0.1, 0.15) is 13.8 Å². The third-order valence-corrected chi connectivity index (χ3v) is 4.82. The van der Waals surface area contributed by atoms with Gasteiger partial charge in [-0.25, -0.2) is 12.8 Å². The molecule has 1 heterocycles. The normalized spacial score (nSPS) is 25.4. The minimum atomic E-state index is -3.71. The number of halogens is 1. The summed E-state index contributed by atoms with van der Waals surface area (Å²) < 4.78 is 45.0. The molecule has 0 aromatic heterocycles. The minimum absolute atomic E-state index is 0.0670. The Kier molecular flexibility index (Phi) is 3.80. The second-order valence-corrected chi connectivity index (χ2v) is 6.70. The maximum absolute atomic E-state index is 13.4. The summed E-state index contributed by atoms with van der Waals surface area (Å²) in [4.78, 5) is -0.0829. The van der Waals surface area contributed by atoms with E-state index in [0.29, 0.717) is 0 Å². The van der Waals surface area contributed by atoms with Gasteiger partial charge in [0, 0.05) is 13.1 Å². The number of anilines is 1. The first-order valence-corrected chi connectivity index (χ1v) is 7.45. The van der Waals surface area contributed by atoms with Gasteiger partial charge in [0.15, 0.2) is 0 Å². The van der Waals surface area contributed by atoms with Crippen LogP contribution in [0.4, 0.5) is 10.1 Å². The van der Waals surface area contributed by atoms with E-state index in [2.05, 4.69) is 0 Å². The zero-order valence-electron chi connectivity index (χ0n) is 10.8. The van der Waals surface area contributed by atoms with Crippen molar-refractivity contribution < 1.29 is 17.5 Å². The van der Waals surface area contributed by atoms with E-state index in [1.54, 1.807) is 0 Å². The van der Waals surface area contributed by atoms with Crippen molar-refractivity contribution in [3.05, 3.63) is 24.0 Å². The van der Waals surface area contributed by atoms with Crippen LogP contribution in [-0.2, 0) is 14.8 Å². The van der Waals surface area contributed by atoms with Crippen molar-refractivity contribution in [1.82, 2.24) is 4.31 Å². The van der Waals surface area contributed by atoms with Crippen LogP contribution < -0.4 is 5.73 Å². The van der Waals surface area contributed by atoms with E-state index >= 15 is 0 Å². The molecule has 1 aliphatic rings. The molecule has 19 heavy (non-hydrogen) atoms. The van der Waals surface area contributed by atoms with Crippen molar-refractivity contribution in [3.63, 3.8) is 0 Å². The fourth-order valence-electron chi connectivity index (χ4n) is 2.14. The lowest BCUT2D eigenvalue weighted by atomic mass is 10.3. The molecule has 2 unspecified atom stereocenters. The smallest absolute Gasteiger partial charge is 0.243 e. The lowest BCUT2D eigenvalue weighted by Crippen LogP contribution is -2.48. The molecule has 5 nitrogen and oxygen atoms in total. The van der Waals surface area contributed by atoms with E-state index in [4.69, 9.17) is 10.5 Å². The molecule has 2 N–H and O–H groups in total. The molecule has 1 saturated heterocycles. The molecule has 0 spiro atoms. The molecule has 2 atom stereocenters. The van der Waals surface area contributed by atoms with Gasteiger partial charge in [0.1, 0.15) is 5.82 Å². The Morgan fingerprint density at radius 2 is 1.89 bits per heavy atom. The number of benzene rings is 1. The van der Waals surface area contributed by atoms with Crippen LogP contribution in [0.3, 0.4) is 0 Å². The molecular weight excluding hydrogens is 271 g/mol. The molecular formula is C12H17FN2O3S. The van der Waals surface area contributed by atoms with Crippen molar-refractivity contribution in [2.45, 2.75) is 31.0 Å². The van der Waals surface area contributed by atoms with Crippen LogP contribution in [0.25, 0.3) is 0 Å². The maximum Gasteiger partial charge on any atom is 0.243 e. The number of rotatable bonds is 2. The van der Waals surface area contributed by atoms with Crippen LogP contribution in [-0.4, -0.2) is 38.0 Å². The van der Waals surface area contributed by atoms with E-state index in [1.807, 2.05) is 13.8 Å². The van der Waals surface area contributed by atoms with Gasteiger partial charge in [-0.2, -0.15) is 4.31 Å². The number of hydrogen-bond donors (Lipinski definition) is 1. The Labute approximate surface area is 112 Å². The van der Waals surface area contributed by atoms with Crippen molar-refractivity contribution in [1.29, 1.82) is 0 Å². The average Bonchev–Trinajstić information content (AvgIpc) is 2.31. The van der Waals surface area contributed by atoms with Gasteiger partial charge in [-0.15, -0.1) is 0 Å². The van der Waals surface area contributed by atoms with Gasteiger partial charge >= 0.3 is 0 Å². The Hall–Kier alpha value is -1.18. The standard InChI is InChI=1S/C12H17FN2O3S/c1-8-6-15(7-9(2)18-8)19(16,17)10-3-4-12(14)11(13)5-10/h3-5,8-9H,6-7,14H2,1-2H3. The highest BCUT2D eigenvalue weighted by Crippen LogP contribution is 2.23. The molecule has 0 saturated carbocycles. The summed E-state index contributed by atoms with van der Waals surface area (Å²) in [5.41, 5.74) is 5.28. The first kappa shape index (κ1) is 14.2. The molecule has 7 heteroatoms. The van der Waals surface area contributed by atoms with E-state index < -0.39 is 15.8 Å². The summed E-state index contributed by atoms with van der Waals surface area (Å²) >= 11 is 0. The molecule has 106 valence electrons. The summed E-state index contributed by atoms with van der Waals surface area (Å²) in [7, 11) is -3.71. The van der Waals surface area contributed by atoms with Crippen molar-refractivity contribution in [3.8, 4) is 0 Å². The largest absolute Gasteiger partial charge is 0.396 e. The first-order chi connectivity index (χ1) is 8.80. The predicted octanol–water partition coefficient (Wildman–Crippen LogP) is 1.21. The maximum atomic E-state index is 13.4. The summed E-state index contributed by atoms with van der Waals surface area (Å²) in [6.45, 7) is 4.14. The zero-order valence-corrected chi connectivity index (χ0v) is 11.7. The Morgan fingerprint density at radius 3 is 2.42 bits per heavy atom. The van der Waals surface area contributed by atoms with E-state index in [-0.39, 0.29) is 35.9 Å². The highest BCUT2D eigenvalue weighted by atomic mass is 32.2. The molecule has 0 aliphatic carbocycles. The number of ether oxygens (including phenoxy) is 1. The van der Waals surface area contributed by atoms with Gasteiger partial charge in [0.05, 0.1) is 22.8 Å². The number of nitrogens with two attached hydrogens (primary N) is 1. The predicted molar refractivity (Wildman–Crippen MR) is 69.6 cm³/mol. The highest BCUT2D eigenvalue weighted by molar-refractivity contribution is 7.89. The zero-order chi connectivity index (χ0) is 14.2. The Balaban J connectivity index is 2.33. The number of nitrogens with zero attached hydrogens (tertiary/aromatic N) is 1. The third-order valence-electron chi connectivity index (χ3n) is 3.00. The highest BCUT2D eigenvalue weighted by Gasteiger charge is 2.32. The van der Waals surface area contributed by atoms with Gasteiger partial charge in [-0.05, 0) is 32.0 Å². The Morgan fingerprint density at radius 1 is 1.32 bits per heavy atom. The lowest BCUT2D eigenvalue weighted by molar-refractivity contribution is -0.0440. The van der Waals surface area contributed by atoms with Crippen LogP contribution in [0.5, 0.6) is 0 Å². The topological polar surface area (TPSA) is 72.6 Å². The van der Waals surface area contributed by atoms with Gasteiger partial charge in [-0.3, -0.25) is 0 Å². The molecule has 1 aromatic carbocycles. The van der Waals surface area contributed by atoms with Crippen LogP contribution in [0, 0.1) is 5.82 Å². The number of nitrogen functional groups attached to an aromatic ring is 1. The van der Waals surface area contributed by atoms with Crippen LogP contribution in [0.15, 0.2) is 23.1 Å². The monoisotopic (exact) mass is 288 g/mol. The third kappa shape index (κ3) is 2.88. The summed E-state index contributed by atoms with van der Waals surface area (Å²) in [6.07, 6.45) is -0.366. The number of hydrogen-bond acceptors (Lipinski definition) is 4. The Bertz CT molecular complexity index is 566. The molecule has 0 amide bonds. The molecule has 0 radical (unpaired) electrons. The van der Waals surface area contributed by atoms with E-state index in [9.17, 15) is 12.8 Å². The van der Waals surface area contributed by atoms with Crippen LogP contribution in [0.2, 0.25) is 0 Å². The van der Waals surface area contributed by atoms with Crippen molar-refractivity contribution in [2.75, 3.05) is 18.8 Å². The second-order valence-electron chi connectivity index (χ2n) is 4.76. The number of sulfonamides is 1. The summed E-state index contributed by atoms with van der Waals surface area (Å²) in [6, 6.07) is 3.53. The SMILES string of the molecule is CC1CN(S(=O)(=O)c2ccc(N)c(F)c2)CC(C)O1. The molecule has 2 rings (SSSR count). The van der Waals surface area contributed by atoms with Gasteiger partial charge < -0.3 is 10.5 Å². The minimum Gasteiger partial charge on any atom is -0.396 e. The quantitative estimate of drug-likeness (QED) is 0.830. The van der Waals surface area contributed by atoms with Crippen molar-refractivity contribution >= 4 is 15.7 Å². The summed E-state index contributed by atoms with van der Waals surface area (Å²) in [5, 5.41) is 0. The fourth-order valence-corrected chi connectivity index (χ4v) is 3.75. The van der Waals surface area contributed by atoms with Gasteiger partial charge in [0.25, 0.3) is 0 Å². The second kappa shape index (κ2) is 5.07. The first-order valence-electron chi connectivity index (χ1n) is 6.01. The summed E-state index contributed by atoms with van der Waals surface area (Å²) in [5.74, 6) is -0.726. The van der Waals surface area contributed by atoms with Crippen molar-refractivity contribution in [2.24, 2.45) is 0 Å². The van der Waals surface area contributed by atoms with E-state index in [0.717, 1.165) is 6.07 Å². The van der Waals surface area contributed by atoms with E-state index in [1.165, 1.54) is 16.4 Å². The molecule has 1 fully saturated rings. The molecule has 1 aromatic rings. The van der Waals surface area contributed by atoms with Gasteiger partial charge in [-0.1, -0.05) is 0 Å². The average molecular weight is 288 g/mol.